The lowest BCUT2D eigenvalue weighted by Gasteiger charge is -2.33. The van der Waals surface area contributed by atoms with Gasteiger partial charge in [-0.1, -0.05) is 160 Å². The van der Waals surface area contributed by atoms with Gasteiger partial charge in [0.1, 0.15) is 6.17 Å². The Hall–Kier alpha value is -1.44. The first-order valence-electron chi connectivity index (χ1n) is 15.6. The van der Waals surface area contributed by atoms with Crippen LogP contribution in [0.5, 0.6) is 0 Å². The molecule has 2 rings (SSSR count). The number of rotatable bonds is 23. The van der Waals surface area contributed by atoms with Crippen molar-refractivity contribution in [1.29, 1.82) is 0 Å². The number of benzene rings is 1. The summed E-state index contributed by atoms with van der Waals surface area (Å²) in [6.45, 7) is 6.95. The van der Waals surface area contributed by atoms with Crippen LogP contribution in [0.4, 0.5) is 0 Å². The van der Waals surface area contributed by atoms with Crippen LogP contribution in [-0.2, 0) is 0 Å². The summed E-state index contributed by atoms with van der Waals surface area (Å²) in [5, 5.41) is 0. The first kappa shape index (κ1) is 29.8. The van der Waals surface area contributed by atoms with Crippen LogP contribution in [-0.4, -0.2) is 22.9 Å². The van der Waals surface area contributed by atoms with Gasteiger partial charge in [0.05, 0.1) is 0 Å². The first-order valence-corrected chi connectivity index (χ1v) is 15.6. The minimum absolute atomic E-state index is 0.397. The second-order valence-electron chi connectivity index (χ2n) is 10.9. The standard InChI is InChI=1S/C33H58N2/c1-3-5-7-9-10-11-12-13-14-15-16-17-18-19-20-25-29-35-31-30-34(28-24-8-6-4-2)33(35)32-26-22-21-23-27-32/h21-23,26-27,30-31,33H,3-20,24-25,28-29H2,1-2H3. The molecule has 0 fully saturated rings. The summed E-state index contributed by atoms with van der Waals surface area (Å²) in [4.78, 5) is 5.15. The highest BCUT2D eigenvalue weighted by atomic mass is 15.4. The molecular formula is C33H58N2. The summed E-state index contributed by atoms with van der Waals surface area (Å²) < 4.78 is 0. The fourth-order valence-corrected chi connectivity index (χ4v) is 5.49. The monoisotopic (exact) mass is 482 g/mol. The van der Waals surface area contributed by atoms with Gasteiger partial charge in [-0.25, -0.2) is 0 Å². The Labute approximate surface area is 219 Å². The van der Waals surface area contributed by atoms with E-state index >= 15 is 0 Å². The van der Waals surface area contributed by atoms with E-state index in [1.165, 1.54) is 147 Å². The van der Waals surface area contributed by atoms with Gasteiger partial charge in [0.2, 0.25) is 0 Å². The van der Waals surface area contributed by atoms with E-state index in [0.717, 1.165) is 0 Å². The minimum atomic E-state index is 0.397. The van der Waals surface area contributed by atoms with Gasteiger partial charge in [0, 0.05) is 25.5 Å². The highest BCUT2D eigenvalue weighted by Gasteiger charge is 2.26. The van der Waals surface area contributed by atoms with E-state index in [9.17, 15) is 0 Å². The van der Waals surface area contributed by atoms with Crippen molar-refractivity contribution in [2.75, 3.05) is 13.1 Å². The summed E-state index contributed by atoms with van der Waals surface area (Å²) in [5.74, 6) is 0. The summed E-state index contributed by atoms with van der Waals surface area (Å²) >= 11 is 0. The lowest BCUT2D eigenvalue weighted by molar-refractivity contribution is 0.150. The third-order valence-corrected chi connectivity index (χ3v) is 7.72. The van der Waals surface area contributed by atoms with Gasteiger partial charge in [0.25, 0.3) is 0 Å². The Morgan fingerprint density at radius 3 is 1.20 bits per heavy atom. The molecule has 1 aliphatic heterocycles. The van der Waals surface area contributed by atoms with Crippen LogP contribution in [0.3, 0.4) is 0 Å². The number of nitrogens with zero attached hydrogens (tertiary/aromatic N) is 2. The molecule has 0 radical (unpaired) electrons. The fraction of sp³-hybridized carbons (Fsp3) is 0.758. The maximum absolute atomic E-state index is 2.58. The number of hydrogen-bond donors (Lipinski definition) is 0. The fourth-order valence-electron chi connectivity index (χ4n) is 5.49. The van der Waals surface area contributed by atoms with Crippen LogP contribution in [0.15, 0.2) is 42.7 Å². The molecular weight excluding hydrogens is 424 g/mol. The molecule has 0 saturated carbocycles. The molecule has 0 saturated heterocycles. The molecule has 0 spiro atoms. The molecule has 0 aromatic heterocycles. The van der Waals surface area contributed by atoms with Gasteiger partial charge >= 0.3 is 0 Å². The highest BCUT2D eigenvalue weighted by molar-refractivity contribution is 5.21. The van der Waals surface area contributed by atoms with Gasteiger partial charge in [-0.05, 0) is 18.4 Å². The normalized spacial score (nSPS) is 15.4. The van der Waals surface area contributed by atoms with Crippen molar-refractivity contribution in [1.82, 2.24) is 9.80 Å². The van der Waals surface area contributed by atoms with Crippen molar-refractivity contribution < 1.29 is 0 Å². The van der Waals surface area contributed by atoms with E-state index in [0.29, 0.717) is 6.17 Å². The average Bonchev–Trinajstić information content (AvgIpc) is 3.29. The largest absolute Gasteiger partial charge is 0.352 e. The molecule has 35 heavy (non-hydrogen) atoms. The quantitative estimate of drug-likeness (QED) is 0.143. The Kier molecular flexibility index (Phi) is 17.6. The second-order valence-corrected chi connectivity index (χ2v) is 10.9. The molecule has 0 aliphatic carbocycles. The molecule has 0 N–H and O–H groups in total. The van der Waals surface area contributed by atoms with E-state index in [-0.39, 0.29) is 0 Å². The molecule has 1 heterocycles. The van der Waals surface area contributed by atoms with E-state index in [1.54, 1.807) is 0 Å². The molecule has 1 aromatic rings. The SMILES string of the molecule is CCCCCCCCCCCCCCCCCCN1C=CN(CCCCCC)C1c1ccccc1. The maximum atomic E-state index is 2.58. The summed E-state index contributed by atoms with van der Waals surface area (Å²) in [6, 6.07) is 11.1. The van der Waals surface area contributed by atoms with Crippen molar-refractivity contribution in [2.24, 2.45) is 0 Å². The molecule has 1 unspecified atom stereocenters. The van der Waals surface area contributed by atoms with E-state index in [4.69, 9.17) is 0 Å². The lowest BCUT2D eigenvalue weighted by Crippen LogP contribution is -2.32. The zero-order valence-corrected chi connectivity index (χ0v) is 23.6. The average molecular weight is 483 g/mol. The van der Waals surface area contributed by atoms with Gasteiger partial charge in [-0.3, -0.25) is 0 Å². The maximum Gasteiger partial charge on any atom is 0.127 e. The van der Waals surface area contributed by atoms with Crippen molar-refractivity contribution in [3.05, 3.63) is 48.3 Å². The Bertz CT molecular complexity index is 611. The predicted molar refractivity (Wildman–Crippen MR) is 155 cm³/mol. The predicted octanol–water partition coefficient (Wildman–Crippen LogP) is 10.6. The van der Waals surface area contributed by atoms with E-state index in [2.05, 4.69) is 66.4 Å². The second kappa shape index (κ2) is 20.7. The summed E-state index contributed by atoms with van der Waals surface area (Å²) in [6.07, 6.45) is 33.3. The first-order chi connectivity index (χ1) is 17.4. The third-order valence-electron chi connectivity index (χ3n) is 7.72. The van der Waals surface area contributed by atoms with Crippen LogP contribution in [0, 0.1) is 0 Å². The molecule has 2 heteroatoms. The summed E-state index contributed by atoms with van der Waals surface area (Å²) in [7, 11) is 0. The van der Waals surface area contributed by atoms with Crippen LogP contribution >= 0.6 is 0 Å². The zero-order chi connectivity index (χ0) is 24.8. The summed E-state index contributed by atoms with van der Waals surface area (Å²) in [5.41, 5.74) is 1.43. The van der Waals surface area contributed by atoms with Crippen molar-refractivity contribution in [2.45, 2.75) is 148 Å². The van der Waals surface area contributed by atoms with Crippen LogP contribution < -0.4 is 0 Å². The number of hydrogen-bond acceptors (Lipinski definition) is 2. The topological polar surface area (TPSA) is 6.48 Å². The highest BCUT2D eigenvalue weighted by Crippen LogP contribution is 2.31. The Morgan fingerprint density at radius 2 is 0.800 bits per heavy atom. The van der Waals surface area contributed by atoms with Gasteiger partial charge < -0.3 is 9.80 Å². The Morgan fingerprint density at radius 1 is 0.457 bits per heavy atom. The zero-order valence-electron chi connectivity index (χ0n) is 23.6. The van der Waals surface area contributed by atoms with Crippen molar-refractivity contribution in [3.8, 4) is 0 Å². The van der Waals surface area contributed by atoms with Crippen molar-refractivity contribution in [3.63, 3.8) is 0 Å². The molecule has 2 nitrogen and oxygen atoms in total. The van der Waals surface area contributed by atoms with Crippen molar-refractivity contribution >= 4 is 0 Å². The van der Waals surface area contributed by atoms with Crippen LogP contribution in [0.1, 0.15) is 154 Å². The van der Waals surface area contributed by atoms with E-state index < -0.39 is 0 Å². The van der Waals surface area contributed by atoms with Crippen LogP contribution in [0.25, 0.3) is 0 Å². The van der Waals surface area contributed by atoms with E-state index in [1.807, 2.05) is 0 Å². The smallest absolute Gasteiger partial charge is 0.127 e. The number of unbranched alkanes of at least 4 members (excludes halogenated alkanes) is 18. The minimum Gasteiger partial charge on any atom is -0.352 e. The molecule has 1 aliphatic rings. The Balaban J connectivity index is 1.50. The lowest BCUT2D eigenvalue weighted by atomic mass is 10.0. The van der Waals surface area contributed by atoms with Crippen LogP contribution in [0.2, 0.25) is 0 Å². The molecule has 1 aromatic carbocycles. The third kappa shape index (κ3) is 13.4. The molecule has 0 amide bonds. The molecule has 200 valence electrons. The molecule has 1 atom stereocenters. The van der Waals surface area contributed by atoms with Gasteiger partial charge in [0.15, 0.2) is 0 Å². The van der Waals surface area contributed by atoms with Gasteiger partial charge in [-0.15, -0.1) is 0 Å². The van der Waals surface area contributed by atoms with Gasteiger partial charge in [-0.2, -0.15) is 0 Å². The molecule has 0 bridgehead atoms.